The molecule has 4 heteroatoms. The van der Waals surface area contributed by atoms with E-state index in [1.54, 1.807) is 7.05 Å². The van der Waals surface area contributed by atoms with Crippen LogP contribution in [0.4, 0.5) is 0 Å². The van der Waals surface area contributed by atoms with Crippen LogP contribution in [0.1, 0.15) is 26.2 Å². The summed E-state index contributed by atoms with van der Waals surface area (Å²) in [4.78, 5) is 0. The Kier molecular flexibility index (Phi) is 6.28. The Morgan fingerprint density at radius 3 is 2.33 bits per heavy atom. The standard InChI is InChI=1S/C8H20N2O2/c1-3-4-5-6(10-2)7(11)8(9)12/h6-8,10-12H,3-5,9H2,1-2H3/t6-,7?,8?/m0/s1. The summed E-state index contributed by atoms with van der Waals surface area (Å²) in [6.45, 7) is 2.08. The highest BCUT2D eigenvalue weighted by atomic mass is 16.3. The second-order valence-electron chi connectivity index (χ2n) is 3.02. The molecule has 74 valence electrons. The quantitative estimate of drug-likeness (QED) is 0.408. The number of likely N-dealkylation sites (N-methyl/N-ethyl adjacent to an activating group) is 1. The minimum absolute atomic E-state index is 0.107. The van der Waals surface area contributed by atoms with E-state index in [0.29, 0.717) is 0 Å². The molecule has 0 saturated heterocycles. The Balaban J connectivity index is 3.79. The monoisotopic (exact) mass is 176 g/mol. The molecule has 0 saturated carbocycles. The first-order valence-corrected chi connectivity index (χ1v) is 4.42. The number of hydrogen-bond donors (Lipinski definition) is 4. The number of unbranched alkanes of at least 4 members (excludes halogenated alkanes) is 1. The first-order valence-electron chi connectivity index (χ1n) is 4.42. The Morgan fingerprint density at radius 1 is 1.42 bits per heavy atom. The third kappa shape index (κ3) is 4.01. The topological polar surface area (TPSA) is 78.5 Å². The molecule has 0 radical (unpaired) electrons. The van der Waals surface area contributed by atoms with Gasteiger partial charge in [-0.05, 0) is 13.5 Å². The van der Waals surface area contributed by atoms with E-state index in [-0.39, 0.29) is 6.04 Å². The summed E-state index contributed by atoms with van der Waals surface area (Å²) in [5.74, 6) is 0. The van der Waals surface area contributed by atoms with E-state index < -0.39 is 12.3 Å². The predicted octanol–water partition coefficient (Wildman–Crippen LogP) is -0.597. The fraction of sp³-hybridized carbons (Fsp3) is 1.00. The first-order chi connectivity index (χ1) is 5.63. The second kappa shape index (κ2) is 6.37. The molecule has 0 aromatic rings. The lowest BCUT2D eigenvalue weighted by Crippen LogP contribution is -2.48. The van der Waals surface area contributed by atoms with Crippen LogP contribution < -0.4 is 11.1 Å². The zero-order valence-corrected chi connectivity index (χ0v) is 7.83. The van der Waals surface area contributed by atoms with E-state index in [2.05, 4.69) is 12.2 Å². The summed E-state index contributed by atoms with van der Waals surface area (Å²) in [6, 6.07) is -0.107. The fourth-order valence-electron chi connectivity index (χ4n) is 1.15. The maximum Gasteiger partial charge on any atom is 0.130 e. The summed E-state index contributed by atoms with van der Waals surface area (Å²) >= 11 is 0. The molecule has 4 nitrogen and oxygen atoms in total. The van der Waals surface area contributed by atoms with Gasteiger partial charge >= 0.3 is 0 Å². The van der Waals surface area contributed by atoms with Gasteiger partial charge in [0.05, 0.1) is 0 Å². The van der Waals surface area contributed by atoms with Gasteiger partial charge in [0.25, 0.3) is 0 Å². The predicted molar refractivity (Wildman–Crippen MR) is 48.6 cm³/mol. The van der Waals surface area contributed by atoms with Crippen LogP contribution in [0.5, 0.6) is 0 Å². The molecule has 12 heavy (non-hydrogen) atoms. The Labute approximate surface area is 73.8 Å². The van der Waals surface area contributed by atoms with Crippen LogP contribution in [0.2, 0.25) is 0 Å². The van der Waals surface area contributed by atoms with Crippen molar-refractivity contribution < 1.29 is 10.2 Å². The van der Waals surface area contributed by atoms with Crippen LogP contribution in [0.15, 0.2) is 0 Å². The summed E-state index contributed by atoms with van der Waals surface area (Å²) in [6.07, 6.45) is 0.907. The number of rotatable bonds is 6. The van der Waals surface area contributed by atoms with Crippen molar-refractivity contribution >= 4 is 0 Å². The third-order valence-electron chi connectivity index (χ3n) is 2.00. The van der Waals surface area contributed by atoms with Crippen molar-refractivity contribution in [2.45, 2.75) is 44.6 Å². The number of aliphatic hydroxyl groups is 2. The molecular formula is C8H20N2O2. The number of hydrogen-bond acceptors (Lipinski definition) is 4. The molecule has 2 unspecified atom stereocenters. The highest BCUT2D eigenvalue weighted by Gasteiger charge is 2.21. The summed E-state index contributed by atoms with van der Waals surface area (Å²) in [5.41, 5.74) is 5.15. The van der Waals surface area contributed by atoms with Gasteiger partial charge in [0.1, 0.15) is 12.3 Å². The molecule has 0 heterocycles. The van der Waals surface area contributed by atoms with E-state index in [0.717, 1.165) is 19.3 Å². The first kappa shape index (κ1) is 11.8. The summed E-state index contributed by atoms with van der Waals surface area (Å²) < 4.78 is 0. The molecule has 0 rings (SSSR count). The van der Waals surface area contributed by atoms with Gasteiger partial charge in [-0.3, -0.25) is 0 Å². The van der Waals surface area contributed by atoms with Crippen LogP contribution >= 0.6 is 0 Å². The minimum atomic E-state index is -1.15. The van der Waals surface area contributed by atoms with Crippen LogP contribution in [0.3, 0.4) is 0 Å². The Bertz CT molecular complexity index is 109. The van der Waals surface area contributed by atoms with E-state index in [9.17, 15) is 5.11 Å². The average Bonchev–Trinajstić information content (AvgIpc) is 2.05. The van der Waals surface area contributed by atoms with Crippen LogP contribution in [0, 0.1) is 0 Å². The van der Waals surface area contributed by atoms with Crippen LogP contribution in [-0.4, -0.2) is 35.6 Å². The van der Waals surface area contributed by atoms with Crippen LogP contribution in [-0.2, 0) is 0 Å². The van der Waals surface area contributed by atoms with Crippen molar-refractivity contribution in [3.8, 4) is 0 Å². The van der Waals surface area contributed by atoms with E-state index >= 15 is 0 Å². The van der Waals surface area contributed by atoms with Gasteiger partial charge in [-0.15, -0.1) is 0 Å². The highest BCUT2D eigenvalue weighted by Crippen LogP contribution is 2.05. The molecule has 0 aliphatic heterocycles. The van der Waals surface area contributed by atoms with Crippen molar-refractivity contribution in [3.05, 3.63) is 0 Å². The average molecular weight is 176 g/mol. The molecule has 0 amide bonds. The zero-order valence-electron chi connectivity index (χ0n) is 7.83. The van der Waals surface area contributed by atoms with Crippen molar-refractivity contribution in [2.75, 3.05) is 7.05 Å². The van der Waals surface area contributed by atoms with Crippen molar-refractivity contribution in [3.63, 3.8) is 0 Å². The van der Waals surface area contributed by atoms with E-state index in [1.807, 2.05) is 0 Å². The molecular weight excluding hydrogens is 156 g/mol. The van der Waals surface area contributed by atoms with Gasteiger partial charge in [0, 0.05) is 6.04 Å². The van der Waals surface area contributed by atoms with E-state index in [4.69, 9.17) is 10.8 Å². The number of aliphatic hydroxyl groups excluding tert-OH is 2. The molecule has 0 spiro atoms. The Morgan fingerprint density at radius 2 is 2.00 bits per heavy atom. The van der Waals surface area contributed by atoms with Gasteiger partial charge in [0.2, 0.25) is 0 Å². The van der Waals surface area contributed by atoms with Crippen molar-refractivity contribution in [2.24, 2.45) is 5.73 Å². The SMILES string of the molecule is CCCC[C@H](NC)C(O)C(N)O. The smallest absolute Gasteiger partial charge is 0.130 e. The molecule has 5 N–H and O–H groups in total. The van der Waals surface area contributed by atoms with Gasteiger partial charge < -0.3 is 21.3 Å². The number of nitrogens with one attached hydrogen (secondary N) is 1. The fourth-order valence-corrected chi connectivity index (χ4v) is 1.15. The Hall–Kier alpha value is -0.160. The minimum Gasteiger partial charge on any atom is -0.387 e. The second-order valence-corrected chi connectivity index (χ2v) is 3.02. The summed E-state index contributed by atoms with van der Waals surface area (Å²) in [5, 5.41) is 21.2. The lowest BCUT2D eigenvalue weighted by Gasteiger charge is -2.24. The van der Waals surface area contributed by atoms with Crippen molar-refractivity contribution in [1.29, 1.82) is 0 Å². The van der Waals surface area contributed by atoms with Crippen molar-refractivity contribution in [1.82, 2.24) is 5.32 Å². The number of nitrogens with two attached hydrogens (primary N) is 1. The molecule has 0 fully saturated rings. The molecule has 0 aromatic carbocycles. The highest BCUT2D eigenvalue weighted by molar-refractivity contribution is 4.77. The largest absolute Gasteiger partial charge is 0.387 e. The van der Waals surface area contributed by atoms with Gasteiger partial charge in [0.15, 0.2) is 0 Å². The normalized spacial score (nSPS) is 18.8. The lowest BCUT2D eigenvalue weighted by molar-refractivity contribution is -0.000762. The molecule has 0 aromatic heterocycles. The van der Waals surface area contributed by atoms with Crippen LogP contribution in [0.25, 0.3) is 0 Å². The maximum atomic E-state index is 9.38. The lowest BCUT2D eigenvalue weighted by atomic mass is 10.0. The van der Waals surface area contributed by atoms with E-state index in [1.165, 1.54) is 0 Å². The molecule has 0 aliphatic rings. The molecule has 0 bridgehead atoms. The molecule has 0 aliphatic carbocycles. The van der Waals surface area contributed by atoms with Gasteiger partial charge in [-0.25, -0.2) is 0 Å². The molecule has 3 atom stereocenters. The zero-order chi connectivity index (χ0) is 9.56. The van der Waals surface area contributed by atoms with Gasteiger partial charge in [-0.2, -0.15) is 0 Å². The maximum absolute atomic E-state index is 9.38. The van der Waals surface area contributed by atoms with Gasteiger partial charge in [-0.1, -0.05) is 19.8 Å². The third-order valence-corrected chi connectivity index (χ3v) is 2.00. The summed E-state index contributed by atoms with van der Waals surface area (Å²) in [7, 11) is 1.76.